The number of aliphatic hydroxyl groups excluding tert-OH is 2. The van der Waals surface area contributed by atoms with Gasteiger partial charge in [-0.05, 0) is 43.3 Å². The van der Waals surface area contributed by atoms with E-state index < -0.39 is 0 Å². The maximum absolute atomic E-state index is 9.86. The van der Waals surface area contributed by atoms with Crippen molar-refractivity contribution in [2.75, 3.05) is 0 Å². The summed E-state index contributed by atoms with van der Waals surface area (Å²) >= 11 is 3.39. The first-order chi connectivity index (χ1) is 9.41. The Morgan fingerprint density at radius 1 is 0.650 bits per heavy atom. The zero-order valence-corrected chi connectivity index (χ0v) is 16.9. The van der Waals surface area contributed by atoms with E-state index in [9.17, 15) is 10.2 Å². The quantitative estimate of drug-likeness (QED) is 0.502. The second-order valence-corrected chi connectivity index (χ2v) is 14.8. The highest BCUT2D eigenvalue weighted by Crippen LogP contribution is 2.58. The molecule has 0 radical (unpaired) electrons. The summed E-state index contributed by atoms with van der Waals surface area (Å²) in [5.74, 6) is 1.88. The van der Waals surface area contributed by atoms with Gasteiger partial charge in [-0.3, -0.25) is 0 Å². The molecule has 2 N–H and O–H groups in total. The lowest BCUT2D eigenvalue weighted by Gasteiger charge is -2.17. The minimum Gasteiger partial charge on any atom is -0.382 e. The molecule has 0 saturated carbocycles. The van der Waals surface area contributed by atoms with Gasteiger partial charge < -0.3 is 10.2 Å². The van der Waals surface area contributed by atoms with Crippen LogP contribution in [0.25, 0.3) is 0 Å². The van der Waals surface area contributed by atoms with Crippen molar-refractivity contribution in [1.82, 2.24) is 0 Å². The average molecular weight is 391 g/mol. The predicted molar refractivity (Wildman–Crippen MR) is 102 cm³/mol. The summed E-state index contributed by atoms with van der Waals surface area (Å²) in [6.07, 6.45) is 0. The smallest absolute Gasteiger partial charge is 0.103 e. The molecule has 2 rings (SSSR count). The van der Waals surface area contributed by atoms with Gasteiger partial charge in [-0.2, -0.15) is 0 Å². The maximum atomic E-state index is 9.86. The molecule has 2 heterocycles. The molecule has 0 aromatic carbocycles. The van der Waals surface area contributed by atoms with E-state index in [0.717, 1.165) is 0 Å². The average Bonchev–Trinajstić information content (AvgIpc) is 2.80. The van der Waals surface area contributed by atoms with E-state index in [4.69, 9.17) is 0 Å². The van der Waals surface area contributed by atoms with Crippen molar-refractivity contribution in [3.05, 3.63) is 0 Å². The van der Waals surface area contributed by atoms with E-state index in [-0.39, 0.29) is 10.9 Å². The minimum atomic E-state index is -0.206. The lowest BCUT2D eigenvalue weighted by molar-refractivity contribution is 0.185. The Balaban J connectivity index is 1.65. The Morgan fingerprint density at radius 3 is 1.25 bits per heavy atom. The van der Waals surface area contributed by atoms with Gasteiger partial charge in [0.1, 0.15) is 10.9 Å². The molecule has 2 aliphatic rings. The Labute approximate surface area is 145 Å². The van der Waals surface area contributed by atoms with Gasteiger partial charge in [0, 0.05) is 0 Å². The van der Waals surface area contributed by atoms with Gasteiger partial charge in [0.15, 0.2) is 0 Å². The molecule has 0 amide bonds. The summed E-state index contributed by atoms with van der Waals surface area (Å²) in [4.78, 5) is 0. The van der Waals surface area contributed by atoms with Crippen LogP contribution in [0.2, 0.25) is 0 Å². The molecule has 8 heteroatoms. The van der Waals surface area contributed by atoms with E-state index >= 15 is 0 Å². The number of aliphatic hydroxyl groups is 2. The lowest BCUT2D eigenvalue weighted by atomic mass is 9.99. The third-order valence-corrected chi connectivity index (χ3v) is 15.8. The maximum Gasteiger partial charge on any atom is 0.103 e. The van der Waals surface area contributed by atoms with Crippen LogP contribution in [0.5, 0.6) is 0 Å². The second-order valence-electron chi connectivity index (χ2n) is 5.56. The Kier molecular flexibility index (Phi) is 7.54. The van der Waals surface area contributed by atoms with Crippen molar-refractivity contribution in [2.45, 2.75) is 47.7 Å². The third kappa shape index (κ3) is 4.30. The number of rotatable bonds is 5. The molecule has 2 saturated heterocycles. The van der Waals surface area contributed by atoms with Gasteiger partial charge in [0.25, 0.3) is 0 Å². The van der Waals surface area contributed by atoms with E-state index in [2.05, 4.69) is 27.7 Å². The van der Waals surface area contributed by atoms with Crippen molar-refractivity contribution in [1.29, 1.82) is 0 Å². The molecule has 0 spiro atoms. The van der Waals surface area contributed by atoms with E-state index in [1.807, 2.05) is 41.2 Å². The fraction of sp³-hybridized carbons (Fsp3) is 1.00. The lowest BCUT2D eigenvalue weighted by Crippen LogP contribution is -2.14. The van der Waals surface area contributed by atoms with Crippen LogP contribution in [-0.4, -0.2) is 30.2 Å². The zero-order valence-electron chi connectivity index (χ0n) is 12.0. The van der Waals surface area contributed by atoms with Crippen molar-refractivity contribution in [2.24, 2.45) is 23.7 Å². The molecule has 0 aliphatic carbocycles. The Hall–Kier alpha value is 2.02. The van der Waals surface area contributed by atoms with Gasteiger partial charge in [-0.15, -0.1) is 23.5 Å². The highest BCUT2D eigenvalue weighted by Gasteiger charge is 2.39. The summed E-state index contributed by atoms with van der Waals surface area (Å²) < 4.78 is 0.965. The third-order valence-electron chi connectivity index (χ3n) is 4.26. The van der Waals surface area contributed by atoms with E-state index in [1.165, 1.54) is 0 Å². The molecule has 0 bridgehead atoms. The van der Waals surface area contributed by atoms with Crippen LogP contribution in [0.1, 0.15) is 27.7 Å². The van der Waals surface area contributed by atoms with Gasteiger partial charge in [0.2, 0.25) is 0 Å². The Morgan fingerprint density at radius 2 is 1.00 bits per heavy atom. The van der Waals surface area contributed by atoms with Crippen molar-refractivity contribution >= 4 is 64.8 Å². The van der Waals surface area contributed by atoms with Crippen LogP contribution in [0, 0.1) is 23.7 Å². The summed E-state index contributed by atoms with van der Waals surface area (Å²) in [7, 11) is 7.39. The first-order valence-electron chi connectivity index (χ1n) is 6.74. The van der Waals surface area contributed by atoms with Crippen molar-refractivity contribution < 1.29 is 10.2 Å². The summed E-state index contributed by atoms with van der Waals surface area (Å²) in [6, 6.07) is 0. The van der Waals surface area contributed by atoms with Crippen LogP contribution >= 0.6 is 64.8 Å². The molecule has 2 fully saturated rings. The number of hydrogen-bond acceptors (Lipinski definition) is 8. The summed E-state index contributed by atoms with van der Waals surface area (Å²) in [6.45, 7) is 8.73. The van der Waals surface area contributed by atoms with Crippen LogP contribution in [0.4, 0.5) is 0 Å². The summed E-state index contributed by atoms with van der Waals surface area (Å²) in [5.41, 5.74) is -0.413. The van der Waals surface area contributed by atoms with Crippen LogP contribution in [0.3, 0.4) is 0 Å². The van der Waals surface area contributed by atoms with Crippen LogP contribution < -0.4 is 0 Å². The summed E-state index contributed by atoms with van der Waals surface area (Å²) in [5, 5.41) is 19.7. The zero-order chi connectivity index (χ0) is 14.9. The molecule has 20 heavy (non-hydrogen) atoms. The van der Waals surface area contributed by atoms with Gasteiger partial charge in [-0.1, -0.05) is 49.3 Å². The van der Waals surface area contributed by atoms with Gasteiger partial charge in [0.05, 0.1) is 9.16 Å². The van der Waals surface area contributed by atoms with Crippen molar-refractivity contribution in [3.8, 4) is 0 Å². The highest BCUT2D eigenvalue weighted by atomic mass is 33.7. The standard InChI is InChI=1S/C12H22O2S6/c1-5-7(3)11(15-9(5)13)17-19-20-18-12-8(4)6(2)10(14)16-12/h5-14H,1-4H3. The van der Waals surface area contributed by atoms with E-state index in [1.54, 1.807) is 23.5 Å². The molecule has 8 atom stereocenters. The second kappa shape index (κ2) is 8.22. The molecule has 0 aromatic heterocycles. The van der Waals surface area contributed by atoms with E-state index in [0.29, 0.717) is 32.8 Å². The largest absolute Gasteiger partial charge is 0.382 e. The predicted octanol–water partition coefficient (Wildman–Crippen LogP) is 4.99. The fourth-order valence-corrected chi connectivity index (χ4v) is 14.7. The fourth-order valence-electron chi connectivity index (χ4n) is 2.12. The molecule has 8 unspecified atom stereocenters. The highest BCUT2D eigenvalue weighted by molar-refractivity contribution is 9.26. The topological polar surface area (TPSA) is 40.5 Å². The SMILES string of the molecule is CC1C(O)SC(SSSSC2SC(O)C(C)C2C)C1C. The van der Waals surface area contributed by atoms with Gasteiger partial charge >= 0.3 is 0 Å². The molecular formula is C12H22O2S6. The first kappa shape index (κ1) is 18.4. The molecule has 2 aliphatic heterocycles. The molecule has 118 valence electrons. The minimum absolute atomic E-state index is 0.206. The van der Waals surface area contributed by atoms with Crippen molar-refractivity contribution in [3.63, 3.8) is 0 Å². The normalized spacial score (nSPS) is 48.9. The molecular weight excluding hydrogens is 369 g/mol. The monoisotopic (exact) mass is 390 g/mol. The van der Waals surface area contributed by atoms with Crippen LogP contribution in [-0.2, 0) is 0 Å². The van der Waals surface area contributed by atoms with Crippen LogP contribution in [0.15, 0.2) is 0 Å². The number of thioether (sulfide) groups is 2. The molecule has 2 nitrogen and oxygen atoms in total. The first-order valence-corrected chi connectivity index (χ1v) is 13.6. The van der Waals surface area contributed by atoms with Gasteiger partial charge in [-0.25, -0.2) is 0 Å². The molecule has 0 aromatic rings. The Bertz CT molecular complexity index is 290. The number of hydrogen-bond donors (Lipinski definition) is 2.